The Hall–Kier alpha value is -6.82. The highest BCUT2D eigenvalue weighted by Crippen LogP contribution is 2.37. The lowest BCUT2D eigenvalue weighted by Crippen LogP contribution is -2.20. The van der Waals surface area contributed by atoms with E-state index < -0.39 is 32.6 Å². The summed E-state index contributed by atoms with van der Waals surface area (Å²) in [5.41, 5.74) is -0.297. The first-order valence-corrected chi connectivity index (χ1v) is 14.6. The maximum atomic E-state index is 13.8. The van der Waals surface area contributed by atoms with Crippen molar-refractivity contribution >= 4 is 33.9 Å². The van der Waals surface area contributed by atoms with Crippen LogP contribution < -0.4 is 20.2 Å². The number of hydrogen-bond donors (Lipinski definition) is 1. The normalized spacial score (nSPS) is 10.8. The topological polar surface area (TPSA) is 164 Å². The molecule has 6 aromatic rings. The fourth-order valence-corrected chi connectivity index (χ4v) is 4.96. The Bertz CT molecular complexity index is 2220. The summed E-state index contributed by atoms with van der Waals surface area (Å²) in [5, 5.41) is 25.5. The van der Waals surface area contributed by atoms with E-state index >= 15 is 0 Å². The molecule has 0 saturated heterocycles. The van der Waals surface area contributed by atoms with Crippen LogP contribution in [0.15, 0.2) is 131 Å². The second-order valence-corrected chi connectivity index (χ2v) is 10.5. The van der Waals surface area contributed by atoms with Gasteiger partial charge in [0.05, 0.1) is 15.2 Å². The van der Waals surface area contributed by atoms with Crippen LogP contribution in [0, 0.1) is 20.2 Å². The molecule has 0 aliphatic heterocycles. The van der Waals surface area contributed by atoms with Gasteiger partial charge in [0.1, 0.15) is 24.5 Å². The molecule has 48 heavy (non-hydrogen) atoms. The van der Waals surface area contributed by atoms with E-state index in [4.69, 9.17) is 13.9 Å². The average Bonchev–Trinajstić information content (AvgIpc) is 3.11. The molecule has 5 aromatic carbocycles. The van der Waals surface area contributed by atoms with Crippen LogP contribution in [0.3, 0.4) is 0 Å². The van der Waals surface area contributed by atoms with Gasteiger partial charge >= 0.3 is 11.4 Å². The molecule has 12 heteroatoms. The van der Waals surface area contributed by atoms with Gasteiger partial charge in [-0.3, -0.25) is 29.8 Å². The number of para-hydroxylation sites is 1. The second-order valence-electron chi connectivity index (χ2n) is 10.5. The number of fused-ring (bicyclic) bond motifs is 1. The number of hydrogen-bond acceptors (Lipinski definition) is 9. The van der Waals surface area contributed by atoms with E-state index in [1.807, 2.05) is 60.7 Å². The molecular formula is C36H25N3O9. The van der Waals surface area contributed by atoms with Gasteiger partial charge in [-0.25, -0.2) is 0 Å². The summed E-state index contributed by atoms with van der Waals surface area (Å²) in [6.45, 7) is 0.464. The summed E-state index contributed by atoms with van der Waals surface area (Å²) in [6.07, 6.45) is 0. The van der Waals surface area contributed by atoms with E-state index in [0.29, 0.717) is 17.1 Å². The molecule has 0 unspecified atom stereocenters. The number of ether oxygens (including phenoxy) is 2. The van der Waals surface area contributed by atoms with Crippen molar-refractivity contribution in [1.82, 2.24) is 0 Å². The van der Waals surface area contributed by atoms with Crippen LogP contribution in [0.5, 0.6) is 11.5 Å². The predicted molar refractivity (Wildman–Crippen MR) is 177 cm³/mol. The second kappa shape index (κ2) is 13.7. The summed E-state index contributed by atoms with van der Waals surface area (Å²) < 4.78 is 18.5. The number of nitro groups is 2. The van der Waals surface area contributed by atoms with Gasteiger partial charge in [0.25, 0.3) is 5.91 Å². The van der Waals surface area contributed by atoms with E-state index in [0.717, 1.165) is 29.3 Å². The molecule has 1 heterocycles. The molecule has 6 rings (SSSR count). The largest absolute Gasteiger partial charge is 0.485 e. The molecule has 0 spiro atoms. The molecule has 12 nitrogen and oxygen atoms in total. The van der Waals surface area contributed by atoms with Gasteiger partial charge in [0, 0.05) is 23.3 Å². The Morgan fingerprint density at radius 1 is 0.688 bits per heavy atom. The zero-order valence-corrected chi connectivity index (χ0v) is 25.0. The van der Waals surface area contributed by atoms with Crippen molar-refractivity contribution < 1.29 is 28.5 Å². The zero-order valence-electron chi connectivity index (χ0n) is 25.0. The molecule has 0 atom stereocenters. The first kappa shape index (κ1) is 31.2. The lowest BCUT2D eigenvalue weighted by atomic mass is 10.1. The van der Waals surface area contributed by atoms with Crippen molar-refractivity contribution in [2.45, 2.75) is 13.2 Å². The van der Waals surface area contributed by atoms with Crippen LogP contribution in [-0.4, -0.2) is 15.8 Å². The number of nitrogens with zero attached hydrogens (tertiary/aromatic N) is 2. The average molecular weight is 644 g/mol. The fourth-order valence-electron chi connectivity index (χ4n) is 4.96. The first-order valence-electron chi connectivity index (χ1n) is 14.6. The zero-order chi connectivity index (χ0) is 33.6. The SMILES string of the molecule is O=C(Nc1c(-c2ccc(OCc3ccccc3)c(OCc3ccccc3)c2)oc2ccccc2c1=O)c1ccc([N+](=O)[O-])c([N+](=O)[O-])c1. The third-order valence-corrected chi connectivity index (χ3v) is 7.35. The summed E-state index contributed by atoms with van der Waals surface area (Å²) in [4.78, 5) is 48.1. The number of carbonyl (C=O) groups excluding carboxylic acids is 1. The number of benzene rings is 5. The molecule has 238 valence electrons. The minimum atomic E-state index is -0.955. The number of amides is 1. The molecule has 1 N–H and O–H groups in total. The maximum Gasteiger partial charge on any atom is 0.346 e. The Morgan fingerprint density at radius 3 is 1.94 bits per heavy atom. The van der Waals surface area contributed by atoms with Crippen molar-refractivity contribution in [3.8, 4) is 22.8 Å². The Kier molecular flexibility index (Phi) is 8.88. The Balaban J connectivity index is 1.42. The molecule has 0 saturated carbocycles. The van der Waals surface area contributed by atoms with Gasteiger partial charge in [-0.2, -0.15) is 0 Å². The van der Waals surface area contributed by atoms with Gasteiger partial charge in [-0.1, -0.05) is 72.8 Å². The highest BCUT2D eigenvalue weighted by atomic mass is 16.6. The van der Waals surface area contributed by atoms with Crippen LogP contribution >= 0.6 is 0 Å². The molecule has 0 bridgehead atoms. The Labute approximate surface area is 272 Å². The van der Waals surface area contributed by atoms with Crippen LogP contribution in [0.1, 0.15) is 21.5 Å². The lowest BCUT2D eigenvalue weighted by molar-refractivity contribution is -0.422. The molecular weight excluding hydrogens is 618 g/mol. The maximum absolute atomic E-state index is 13.8. The van der Waals surface area contributed by atoms with E-state index in [1.54, 1.807) is 36.4 Å². The third-order valence-electron chi connectivity index (χ3n) is 7.35. The summed E-state index contributed by atoms with van der Waals surface area (Å²) in [5.74, 6) is -0.167. The number of anilines is 1. The van der Waals surface area contributed by atoms with E-state index in [1.165, 1.54) is 6.07 Å². The minimum absolute atomic E-state index is 0.0115. The van der Waals surface area contributed by atoms with Gasteiger partial charge in [-0.05, 0) is 47.5 Å². The number of rotatable bonds is 11. The van der Waals surface area contributed by atoms with Crippen LogP contribution in [-0.2, 0) is 13.2 Å². The molecule has 0 aliphatic rings. The summed E-state index contributed by atoms with van der Waals surface area (Å²) in [6, 6.07) is 33.2. The molecule has 1 aromatic heterocycles. The first-order chi connectivity index (χ1) is 23.3. The number of nitro benzene ring substituents is 2. The van der Waals surface area contributed by atoms with Gasteiger partial charge in [-0.15, -0.1) is 0 Å². The van der Waals surface area contributed by atoms with E-state index in [9.17, 15) is 29.8 Å². The fraction of sp³-hybridized carbons (Fsp3) is 0.0556. The predicted octanol–water partition coefficient (Wildman–Crippen LogP) is 7.69. The highest BCUT2D eigenvalue weighted by Gasteiger charge is 2.27. The van der Waals surface area contributed by atoms with Crippen molar-refractivity contribution in [1.29, 1.82) is 0 Å². The van der Waals surface area contributed by atoms with Crippen molar-refractivity contribution in [2.24, 2.45) is 0 Å². The Morgan fingerprint density at radius 2 is 1.29 bits per heavy atom. The molecule has 0 aliphatic carbocycles. The van der Waals surface area contributed by atoms with Crippen molar-refractivity contribution in [3.63, 3.8) is 0 Å². The van der Waals surface area contributed by atoms with E-state index in [-0.39, 0.29) is 41.2 Å². The monoisotopic (exact) mass is 643 g/mol. The van der Waals surface area contributed by atoms with Crippen LogP contribution in [0.2, 0.25) is 0 Å². The third kappa shape index (κ3) is 6.72. The van der Waals surface area contributed by atoms with Gasteiger partial charge < -0.3 is 19.2 Å². The molecule has 0 fully saturated rings. The number of carbonyl (C=O) groups is 1. The quantitative estimate of drug-likeness (QED) is 0.110. The highest BCUT2D eigenvalue weighted by molar-refractivity contribution is 6.07. The summed E-state index contributed by atoms with van der Waals surface area (Å²) in [7, 11) is 0. The van der Waals surface area contributed by atoms with Crippen molar-refractivity contribution in [2.75, 3.05) is 5.32 Å². The van der Waals surface area contributed by atoms with Gasteiger partial charge in [0.2, 0.25) is 5.43 Å². The number of nitrogens with one attached hydrogen (secondary N) is 1. The molecule has 0 radical (unpaired) electrons. The van der Waals surface area contributed by atoms with Gasteiger partial charge in [0.15, 0.2) is 17.3 Å². The smallest absolute Gasteiger partial charge is 0.346 e. The standard InChI is InChI=1S/C36H25N3O9/c40-34-27-13-7-8-14-30(27)48-35(33(34)37-36(41)26-15-17-28(38(42)43)29(19-26)39(44)45)25-16-18-31(46-21-23-9-3-1-4-10-23)32(20-25)47-22-24-11-5-2-6-12-24/h1-20H,21-22H2,(H,37,41). The lowest BCUT2D eigenvalue weighted by Gasteiger charge is -2.16. The minimum Gasteiger partial charge on any atom is -0.485 e. The molecule has 1 amide bonds. The van der Waals surface area contributed by atoms with E-state index in [2.05, 4.69) is 5.32 Å². The summed E-state index contributed by atoms with van der Waals surface area (Å²) >= 11 is 0. The van der Waals surface area contributed by atoms with Crippen LogP contribution in [0.25, 0.3) is 22.3 Å². The van der Waals surface area contributed by atoms with Crippen molar-refractivity contribution in [3.05, 3.63) is 168 Å². The van der Waals surface area contributed by atoms with Crippen LogP contribution in [0.4, 0.5) is 17.1 Å².